The Hall–Kier alpha value is -2.93. The molecule has 3 N–H and O–H groups in total. The number of carbonyl (C=O) groups excluding carboxylic acids is 2. The Labute approximate surface area is 159 Å². The molecule has 7 nitrogen and oxygen atoms in total. The minimum Gasteiger partial charge on any atom is -0.487 e. The number of aromatic nitrogens is 1. The average Bonchev–Trinajstić information content (AvgIpc) is 2.67. The van der Waals surface area contributed by atoms with E-state index in [1.54, 1.807) is 20.0 Å². The van der Waals surface area contributed by atoms with Gasteiger partial charge in [0.1, 0.15) is 12.4 Å². The number of ether oxygens (including phenoxy) is 1. The third-order valence-electron chi connectivity index (χ3n) is 3.94. The van der Waals surface area contributed by atoms with Crippen LogP contribution in [0.2, 0.25) is 0 Å². The minimum absolute atomic E-state index is 0.0987. The highest BCUT2D eigenvalue weighted by Gasteiger charge is 2.18. The minimum atomic E-state index is -0.527. The van der Waals surface area contributed by atoms with Gasteiger partial charge < -0.3 is 10.1 Å². The lowest BCUT2D eigenvalue weighted by atomic mass is 10.1. The number of urea groups is 1. The first-order chi connectivity index (χ1) is 13.0. The number of benzene rings is 1. The third-order valence-corrected chi connectivity index (χ3v) is 3.94. The van der Waals surface area contributed by atoms with Crippen molar-refractivity contribution in [3.63, 3.8) is 0 Å². The monoisotopic (exact) mass is 370 g/mol. The zero-order valence-electron chi connectivity index (χ0n) is 15.9. The normalized spacial score (nSPS) is 12.7. The Morgan fingerprint density at radius 2 is 1.96 bits per heavy atom. The van der Waals surface area contributed by atoms with Crippen molar-refractivity contribution in [2.75, 3.05) is 6.54 Å². The fraction of sp³-hybridized carbons (Fsp3) is 0.350. The van der Waals surface area contributed by atoms with Gasteiger partial charge >= 0.3 is 6.03 Å². The number of pyridine rings is 1. The summed E-state index contributed by atoms with van der Waals surface area (Å²) in [5.74, 6) is 0.349. The highest BCUT2D eigenvalue weighted by atomic mass is 16.5. The quantitative estimate of drug-likeness (QED) is 0.664. The lowest BCUT2D eigenvalue weighted by Crippen LogP contribution is -2.48. The van der Waals surface area contributed by atoms with Crippen molar-refractivity contribution in [3.8, 4) is 5.75 Å². The number of hydrogen-bond acceptors (Lipinski definition) is 5. The number of amides is 3. The van der Waals surface area contributed by atoms with E-state index in [1.807, 2.05) is 49.4 Å². The summed E-state index contributed by atoms with van der Waals surface area (Å²) >= 11 is 0. The second-order valence-electron chi connectivity index (χ2n) is 6.14. The van der Waals surface area contributed by atoms with Crippen molar-refractivity contribution in [2.24, 2.45) is 0 Å². The van der Waals surface area contributed by atoms with Gasteiger partial charge in [-0.15, -0.1) is 0 Å². The van der Waals surface area contributed by atoms with Crippen LogP contribution in [0.3, 0.4) is 0 Å². The molecule has 1 aromatic heterocycles. The van der Waals surface area contributed by atoms with Crippen LogP contribution in [0.1, 0.15) is 38.1 Å². The van der Waals surface area contributed by atoms with E-state index < -0.39 is 12.1 Å². The highest BCUT2D eigenvalue weighted by Crippen LogP contribution is 2.20. The van der Waals surface area contributed by atoms with Gasteiger partial charge in [-0.1, -0.05) is 18.2 Å². The van der Waals surface area contributed by atoms with E-state index in [0.717, 1.165) is 17.0 Å². The molecule has 1 aromatic carbocycles. The van der Waals surface area contributed by atoms with E-state index in [0.29, 0.717) is 13.2 Å². The van der Waals surface area contributed by atoms with Crippen LogP contribution in [0.25, 0.3) is 0 Å². The Balaban J connectivity index is 1.91. The van der Waals surface area contributed by atoms with Gasteiger partial charge in [0, 0.05) is 18.8 Å². The molecule has 0 radical (unpaired) electrons. The van der Waals surface area contributed by atoms with Gasteiger partial charge in [0.25, 0.3) is 0 Å². The molecule has 7 heteroatoms. The number of imide groups is 1. The standard InChI is InChI=1S/C20H26N4O3/c1-4-21-20(26)24-19(25)15(3)23-14(2)16-8-7-10-18(12-16)27-13-17-9-5-6-11-22-17/h5-12,14-15,23H,4,13H2,1-3H3,(H2,21,24,25,26)/t14-,15-/m1/s1. The molecule has 0 fully saturated rings. The zero-order chi connectivity index (χ0) is 19.6. The Kier molecular flexibility index (Phi) is 7.76. The van der Waals surface area contributed by atoms with E-state index in [9.17, 15) is 9.59 Å². The van der Waals surface area contributed by atoms with Crippen LogP contribution in [-0.4, -0.2) is 29.5 Å². The molecule has 0 bridgehead atoms. The first-order valence-electron chi connectivity index (χ1n) is 8.97. The molecule has 2 atom stereocenters. The maximum atomic E-state index is 12.1. The second-order valence-corrected chi connectivity index (χ2v) is 6.14. The van der Waals surface area contributed by atoms with Crippen molar-refractivity contribution in [3.05, 3.63) is 59.9 Å². The summed E-state index contributed by atoms with van der Waals surface area (Å²) in [7, 11) is 0. The van der Waals surface area contributed by atoms with Crippen LogP contribution in [0.15, 0.2) is 48.7 Å². The molecule has 144 valence electrons. The number of hydrogen-bond donors (Lipinski definition) is 3. The van der Waals surface area contributed by atoms with E-state index in [1.165, 1.54) is 0 Å². The summed E-state index contributed by atoms with van der Waals surface area (Å²) in [5.41, 5.74) is 1.83. The lowest BCUT2D eigenvalue weighted by Gasteiger charge is -2.20. The molecule has 2 rings (SSSR count). The first kappa shape index (κ1) is 20.4. The number of carbonyl (C=O) groups is 2. The molecule has 2 aromatic rings. The lowest BCUT2D eigenvalue weighted by molar-refractivity contribution is -0.121. The van der Waals surface area contributed by atoms with Crippen LogP contribution in [0.5, 0.6) is 5.75 Å². The maximum Gasteiger partial charge on any atom is 0.321 e. The fourth-order valence-electron chi connectivity index (χ4n) is 2.49. The van der Waals surface area contributed by atoms with Crippen LogP contribution in [0.4, 0.5) is 4.79 Å². The third kappa shape index (κ3) is 6.71. The van der Waals surface area contributed by atoms with Gasteiger partial charge in [-0.05, 0) is 50.6 Å². The largest absolute Gasteiger partial charge is 0.487 e. The predicted octanol–water partition coefficient (Wildman–Crippen LogP) is 2.55. The summed E-state index contributed by atoms with van der Waals surface area (Å²) in [6.07, 6.45) is 1.73. The molecule has 27 heavy (non-hydrogen) atoms. The van der Waals surface area contributed by atoms with Gasteiger partial charge in [-0.25, -0.2) is 4.79 Å². The average molecular weight is 370 g/mol. The van der Waals surface area contributed by atoms with Gasteiger partial charge in [0.05, 0.1) is 11.7 Å². The predicted molar refractivity (Wildman–Crippen MR) is 103 cm³/mol. The summed E-state index contributed by atoms with van der Waals surface area (Å²) in [4.78, 5) is 27.7. The molecule has 0 saturated carbocycles. The fourth-order valence-corrected chi connectivity index (χ4v) is 2.49. The molecule has 0 aliphatic carbocycles. The molecule has 0 saturated heterocycles. The molecule has 0 unspecified atom stereocenters. The smallest absolute Gasteiger partial charge is 0.321 e. The van der Waals surface area contributed by atoms with Gasteiger partial charge in [-0.3, -0.25) is 20.4 Å². The highest BCUT2D eigenvalue weighted by molar-refractivity contribution is 5.96. The Morgan fingerprint density at radius 3 is 2.67 bits per heavy atom. The van der Waals surface area contributed by atoms with Crippen LogP contribution < -0.4 is 20.7 Å². The molecular formula is C20H26N4O3. The maximum absolute atomic E-state index is 12.1. The first-order valence-corrected chi connectivity index (χ1v) is 8.97. The van der Waals surface area contributed by atoms with Crippen molar-refractivity contribution >= 4 is 11.9 Å². The van der Waals surface area contributed by atoms with E-state index in [2.05, 4.69) is 20.9 Å². The molecule has 0 aliphatic heterocycles. The molecule has 1 heterocycles. The molecule has 3 amide bonds. The Bertz CT molecular complexity index is 752. The van der Waals surface area contributed by atoms with Crippen molar-refractivity contribution in [2.45, 2.75) is 39.5 Å². The van der Waals surface area contributed by atoms with Crippen LogP contribution >= 0.6 is 0 Å². The van der Waals surface area contributed by atoms with Gasteiger partial charge in [-0.2, -0.15) is 0 Å². The molecule has 0 aliphatic rings. The van der Waals surface area contributed by atoms with Crippen LogP contribution in [-0.2, 0) is 11.4 Å². The van der Waals surface area contributed by atoms with Crippen molar-refractivity contribution < 1.29 is 14.3 Å². The molecular weight excluding hydrogens is 344 g/mol. The second kappa shape index (κ2) is 10.3. The SMILES string of the molecule is CCNC(=O)NC(=O)[C@@H](C)N[C@H](C)c1cccc(OCc2ccccn2)c1. The molecule has 0 spiro atoms. The Morgan fingerprint density at radius 1 is 1.15 bits per heavy atom. The summed E-state index contributed by atoms with van der Waals surface area (Å²) in [6.45, 7) is 6.30. The van der Waals surface area contributed by atoms with E-state index in [-0.39, 0.29) is 11.9 Å². The van der Waals surface area contributed by atoms with Crippen LogP contribution in [0, 0.1) is 0 Å². The number of rotatable bonds is 8. The van der Waals surface area contributed by atoms with Gasteiger partial charge in [0.15, 0.2) is 0 Å². The zero-order valence-corrected chi connectivity index (χ0v) is 15.9. The number of nitrogens with zero attached hydrogens (tertiary/aromatic N) is 1. The van der Waals surface area contributed by atoms with E-state index in [4.69, 9.17) is 4.74 Å². The summed E-state index contributed by atoms with van der Waals surface area (Å²) < 4.78 is 5.79. The van der Waals surface area contributed by atoms with Crippen molar-refractivity contribution in [1.82, 2.24) is 20.9 Å². The van der Waals surface area contributed by atoms with E-state index >= 15 is 0 Å². The topological polar surface area (TPSA) is 92.4 Å². The van der Waals surface area contributed by atoms with Gasteiger partial charge in [0.2, 0.25) is 5.91 Å². The summed E-state index contributed by atoms with van der Waals surface area (Å²) in [5, 5.41) is 8.02. The number of nitrogens with one attached hydrogen (secondary N) is 3. The summed E-state index contributed by atoms with van der Waals surface area (Å²) in [6, 6.07) is 12.2. The van der Waals surface area contributed by atoms with Crippen molar-refractivity contribution in [1.29, 1.82) is 0 Å².